The number of nitrogens with zero attached hydrogens (tertiary/aromatic N) is 1. The molecule has 0 unspecified atom stereocenters. The SMILES string of the molecule is CC(=O)NCCOCCOCCN(CCOCCOCCNC(C)=O)C(C)C. The monoisotopic (exact) mass is 405 g/mol. The van der Waals surface area contributed by atoms with Crippen molar-refractivity contribution in [2.75, 3.05) is 79.0 Å². The van der Waals surface area contributed by atoms with Crippen molar-refractivity contribution in [2.24, 2.45) is 0 Å². The van der Waals surface area contributed by atoms with Crippen molar-refractivity contribution >= 4 is 11.8 Å². The van der Waals surface area contributed by atoms with Gasteiger partial charge in [0, 0.05) is 46.1 Å². The number of hydrogen-bond acceptors (Lipinski definition) is 7. The highest BCUT2D eigenvalue weighted by molar-refractivity contribution is 5.73. The van der Waals surface area contributed by atoms with Crippen molar-refractivity contribution in [3.05, 3.63) is 0 Å². The first-order valence-corrected chi connectivity index (χ1v) is 9.97. The highest BCUT2D eigenvalue weighted by Crippen LogP contribution is 1.98. The van der Waals surface area contributed by atoms with Crippen LogP contribution in [0.25, 0.3) is 0 Å². The Kier molecular flexibility index (Phi) is 18.2. The fraction of sp³-hybridized carbons (Fsp3) is 0.895. The summed E-state index contributed by atoms with van der Waals surface area (Å²) in [5.41, 5.74) is 0. The van der Waals surface area contributed by atoms with Crippen LogP contribution >= 0.6 is 0 Å². The second-order valence-electron chi connectivity index (χ2n) is 6.55. The number of hydrogen-bond donors (Lipinski definition) is 2. The van der Waals surface area contributed by atoms with E-state index >= 15 is 0 Å². The third-order valence-corrected chi connectivity index (χ3v) is 3.76. The van der Waals surface area contributed by atoms with Gasteiger partial charge in [0.25, 0.3) is 0 Å². The first-order valence-electron chi connectivity index (χ1n) is 9.97. The third kappa shape index (κ3) is 19.5. The van der Waals surface area contributed by atoms with Crippen molar-refractivity contribution in [3.63, 3.8) is 0 Å². The fourth-order valence-corrected chi connectivity index (χ4v) is 2.23. The molecule has 0 fully saturated rings. The maximum atomic E-state index is 10.7. The Morgan fingerprint density at radius 2 is 1.04 bits per heavy atom. The lowest BCUT2D eigenvalue weighted by Gasteiger charge is -2.26. The van der Waals surface area contributed by atoms with Crippen LogP contribution < -0.4 is 10.6 Å². The summed E-state index contributed by atoms with van der Waals surface area (Å²) in [4.78, 5) is 23.7. The predicted molar refractivity (Wildman–Crippen MR) is 107 cm³/mol. The first-order chi connectivity index (χ1) is 13.4. The average Bonchev–Trinajstić information content (AvgIpc) is 2.62. The van der Waals surface area contributed by atoms with E-state index in [2.05, 4.69) is 29.4 Å². The largest absolute Gasteiger partial charge is 0.378 e. The minimum absolute atomic E-state index is 0.0490. The van der Waals surface area contributed by atoms with Crippen LogP contribution in [0.3, 0.4) is 0 Å². The van der Waals surface area contributed by atoms with Crippen LogP contribution in [0.1, 0.15) is 27.7 Å². The molecule has 0 aliphatic carbocycles. The topological polar surface area (TPSA) is 98.4 Å². The highest BCUT2D eigenvalue weighted by Gasteiger charge is 2.08. The Morgan fingerprint density at radius 3 is 1.36 bits per heavy atom. The van der Waals surface area contributed by atoms with Crippen molar-refractivity contribution < 1.29 is 28.5 Å². The molecule has 0 aromatic carbocycles. The number of carbonyl (C=O) groups is 2. The van der Waals surface area contributed by atoms with Crippen molar-refractivity contribution in [3.8, 4) is 0 Å². The maximum Gasteiger partial charge on any atom is 0.216 e. The molecule has 2 amide bonds. The van der Waals surface area contributed by atoms with Gasteiger partial charge >= 0.3 is 0 Å². The smallest absolute Gasteiger partial charge is 0.216 e. The molecular formula is C19H39N3O6. The van der Waals surface area contributed by atoms with Crippen LogP contribution in [0.15, 0.2) is 0 Å². The Morgan fingerprint density at radius 1 is 0.679 bits per heavy atom. The number of amides is 2. The molecule has 166 valence electrons. The van der Waals surface area contributed by atoms with Gasteiger partial charge in [0.15, 0.2) is 0 Å². The first kappa shape index (κ1) is 26.7. The second-order valence-corrected chi connectivity index (χ2v) is 6.55. The van der Waals surface area contributed by atoms with Gasteiger partial charge in [0.1, 0.15) is 0 Å². The van der Waals surface area contributed by atoms with Gasteiger partial charge in [0.05, 0.1) is 52.9 Å². The average molecular weight is 406 g/mol. The van der Waals surface area contributed by atoms with Crippen LogP contribution in [-0.2, 0) is 28.5 Å². The van der Waals surface area contributed by atoms with Crippen LogP contribution in [-0.4, -0.2) is 102 Å². The molecule has 0 spiro atoms. The molecule has 0 bridgehead atoms. The molecule has 0 aliphatic heterocycles. The minimum atomic E-state index is -0.0490. The zero-order valence-corrected chi connectivity index (χ0v) is 18.0. The van der Waals surface area contributed by atoms with Crippen molar-refractivity contribution in [1.82, 2.24) is 15.5 Å². The normalized spacial score (nSPS) is 11.2. The summed E-state index contributed by atoms with van der Waals surface area (Å²) in [7, 11) is 0. The maximum absolute atomic E-state index is 10.7. The molecule has 0 atom stereocenters. The molecule has 0 radical (unpaired) electrons. The van der Waals surface area contributed by atoms with Gasteiger partial charge in [-0.25, -0.2) is 0 Å². The summed E-state index contributed by atoms with van der Waals surface area (Å²) in [5, 5.41) is 5.35. The van der Waals surface area contributed by atoms with E-state index in [0.717, 1.165) is 13.1 Å². The van der Waals surface area contributed by atoms with Gasteiger partial charge in [-0.15, -0.1) is 0 Å². The van der Waals surface area contributed by atoms with Crippen LogP contribution in [0.2, 0.25) is 0 Å². The van der Waals surface area contributed by atoms with E-state index in [0.29, 0.717) is 72.0 Å². The molecule has 2 N–H and O–H groups in total. The van der Waals surface area contributed by atoms with Crippen LogP contribution in [0.4, 0.5) is 0 Å². The molecule has 9 nitrogen and oxygen atoms in total. The van der Waals surface area contributed by atoms with E-state index in [-0.39, 0.29) is 11.8 Å². The molecule has 9 heteroatoms. The van der Waals surface area contributed by atoms with Crippen LogP contribution in [0.5, 0.6) is 0 Å². The van der Waals surface area contributed by atoms with E-state index in [4.69, 9.17) is 18.9 Å². The van der Waals surface area contributed by atoms with E-state index in [1.54, 1.807) is 0 Å². The molecule has 0 aromatic rings. The zero-order chi connectivity index (χ0) is 21.0. The molecule has 0 aliphatic rings. The molecule has 0 heterocycles. The third-order valence-electron chi connectivity index (χ3n) is 3.76. The number of nitrogens with one attached hydrogen (secondary N) is 2. The Labute approximate surface area is 169 Å². The van der Waals surface area contributed by atoms with E-state index in [9.17, 15) is 9.59 Å². The lowest BCUT2D eigenvalue weighted by molar-refractivity contribution is -0.120. The quantitative estimate of drug-likeness (QED) is 0.293. The zero-order valence-electron chi connectivity index (χ0n) is 18.0. The van der Waals surface area contributed by atoms with Gasteiger partial charge in [-0.1, -0.05) is 0 Å². The molecule has 0 saturated carbocycles. The lowest BCUT2D eigenvalue weighted by Crippen LogP contribution is -2.37. The molecular weight excluding hydrogens is 366 g/mol. The van der Waals surface area contributed by atoms with Crippen LogP contribution in [0, 0.1) is 0 Å². The molecule has 0 rings (SSSR count). The molecule has 28 heavy (non-hydrogen) atoms. The van der Waals surface area contributed by atoms with Gasteiger partial charge in [-0.05, 0) is 13.8 Å². The Hall–Kier alpha value is -1.26. The molecule has 0 aromatic heterocycles. The van der Waals surface area contributed by atoms with Gasteiger partial charge < -0.3 is 29.6 Å². The van der Waals surface area contributed by atoms with E-state index in [1.807, 2.05) is 0 Å². The standard InChI is InChI=1S/C19H39N3O6/c1-17(2)22(7-11-27-15-13-25-9-5-20-18(3)23)8-12-28-16-14-26-10-6-21-19(4)24/h17H,5-16H2,1-4H3,(H,20,23)(H,21,24). The summed E-state index contributed by atoms with van der Waals surface area (Å²) in [6.07, 6.45) is 0. The van der Waals surface area contributed by atoms with E-state index < -0.39 is 0 Å². The van der Waals surface area contributed by atoms with Crippen molar-refractivity contribution in [1.29, 1.82) is 0 Å². The molecule has 0 saturated heterocycles. The van der Waals surface area contributed by atoms with Gasteiger partial charge in [-0.3, -0.25) is 14.5 Å². The lowest BCUT2D eigenvalue weighted by atomic mass is 10.3. The Balaban J connectivity index is 3.51. The minimum Gasteiger partial charge on any atom is -0.378 e. The summed E-state index contributed by atoms with van der Waals surface area (Å²) < 4.78 is 21.9. The summed E-state index contributed by atoms with van der Waals surface area (Å²) >= 11 is 0. The van der Waals surface area contributed by atoms with Gasteiger partial charge in [-0.2, -0.15) is 0 Å². The van der Waals surface area contributed by atoms with Gasteiger partial charge in [0.2, 0.25) is 11.8 Å². The van der Waals surface area contributed by atoms with Crippen molar-refractivity contribution in [2.45, 2.75) is 33.7 Å². The number of ether oxygens (including phenoxy) is 4. The highest BCUT2D eigenvalue weighted by atomic mass is 16.5. The predicted octanol–water partition coefficient (Wildman–Crippen LogP) is 0.0354. The fourth-order valence-electron chi connectivity index (χ4n) is 2.23. The second kappa shape index (κ2) is 19.1. The summed E-state index contributed by atoms with van der Waals surface area (Å²) in [6.45, 7) is 14.4. The van der Waals surface area contributed by atoms with E-state index in [1.165, 1.54) is 13.8 Å². The number of rotatable bonds is 19. The summed E-state index contributed by atoms with van der Waals surface area (Å²) in [6, 6.07) is 0.412. The number of carbonyl (C=O) groups excluding carboxylic acids is 2. The summed E-state index contributed by atoms with van der Waals surface area (Å²) in [5.74, 6) is -0.0980. The Bertz CT molecular complexity index is 364.